The Morgan fingerprint density at radius 3 is 2.50 bits per heavy atom. The molecule has 0 atom stereocenters. The Kier molecular flexibility index (Phi) is 4.03. The Morgan fingerprint density at radius 1 is 1.17 bits per heavy atom. The highest BCUT2D eigenvalue weighted by atomic mass is 15.3. The van der Waals surface area contributed by atoms with E-state index in [1.165, 1.54) is 11.3 Å². The predicted octanol–water partition coefficient (Wildman–Crippen LogP) is 3.39. The molecule has 0 aliphatic carbocycles. The Balaban J connectivity index is 2.05. The van der Waals surface area contributed by atoms with Crippen molar-refractivity contribution in [2.75, 3.05) is 5.32 Å². The van der Waals surface area contributed by atoms with Gasteiger partial charge in [0.15, 0.2) is 0 Å². The molecule has 0 spiro atoms. The lowest BCUT2D eigenvalue weighted by Gasteiger charge is -2.08. The smallest absolute Gasteiger partial charge is 0.0625 e. The van der Waals surface area contributed by atoms with E-state index in [1.54, 1.807) is 0 Å². The second-order valence-electron chi connectivity index (χ2n) is 4.52. The van der Waals surface area contributed by atoms with Crippen LogP contribution in [-0.4, -0.2) is 9.78 Å². The molecule has 3 heteroatoms. The van der Waals surface area contributed by atoms with Crippen molar-refractivity contribution in [2.24, 2.45) is 0 Å². The van der Waals surface area contributed by atoms with Crippen molar-refractivity contribution >= 4 is 5.69 Å². The molecule has 3 nitrogen and oxygen atoms in total. The van der Waals surface area contributed by atoms with Crippen LogP contribution in [0.3, 0.4) is 0 Å². The van der Waals surface area contributed by atoms with Crippen LogP contribution in [0.4, 0.5) is 5.69 Å². The number of aromatic nitrogens is 2. The van der Waals surface area contributed by atoms with Crippen LogP contribution in [0.2, 0.25) is 0 Å². The summed E-state index contributed by atoms with van der Waals surface area (Å²) in [7, 11) is 0. The molecule has 1 aromatic carbocycles. The third-order valence-corrected chi connectivity index (χ3v) is 3.10. The number of benzene rings is 1. The average Bonchev–Trinajstić information content (AvgIpc) is 2.80. The van der Waals surface area contributed by atoms with Gasteiger partial charge in [-0.2, -0.15) is 5.10 Å². The molecule has 1 aromatic heterocycles. The molecular formula is C15H21N3. The highest BCUT2D eigenvalue weighted by Crippen LogP contribution is 2.12. The molecule has 18 heavy (non-hydrogen) atoms. The number of rotatable bonds is 5. The SMILES string of the molecule is CCc1cc(CNc2ccc(C)cc2)n(CC)n1. The summed E-state index contributed by atoms with van der Waals surface area (Å²) in [6.45, 7) is 8.11. The van der Waals surface area contributed by atoms with E-state index in [0.717, 1.165) is 30.9 Å². The van der Waals surface area contributed by atoms with Crippen LogP contribution >= 0.6 is 0 Å². The Bertz CT molecular complexity index is 497. The zero-order valence-corrected chi connectivity index (χ0v) is 11.4. The number of hydrogen-bond donors (Lipinski definition) is 1. The maximum atomic E-state index is 4.55. The Morgan fingerprint density at radius 2 is 1.89 bits per heavy atom. The molecule has 0 unspecified atom stereocenters. The number of nitrogens with zero attached hydrogens (tertiary/aromatic N) is 2. The van der Waals surface area contributed by atoms with E-state index >= 15 is 0 Å². The maximum absolute atomic E-state index is 4.55. The average molecular weight is 243 g/mol. The lowest BCUT2D eigenvalue weighted by atomic mass is 10.2. The van der Waals surface area contributed by atoms with E-state index in [1.807, 2.05) is 0 Å². The van der Waals surface area contributed by atoms with Crippen molar-refractivity contribution in [1.29, 1.82) is 0 Å². The van der Waals surface area contributed by atoms with Crippen LogP contribution in [0, 0.1) is 6.92 Å². The van der Waals surface area contributed by atoms with Gasteiger partial charge >= 0.3 is 0 Å². The van der Waals surface area contributed by atoms with Gasteiger partial charge in [0.2, 0.25) is 0 Å². The third-order valence-electron chi connectivity index (χ3n) is 3.10. The van der Waals surface area contributed by atoms with Crippen molar-refractivity contribution in [3.8, 4) is 0 Å². The van der Waals surface area contributed by atoms with Crippen LogP contribution in [0.25, 0.3) is 0 Å². The fourth-order valence-electron chi connectivity index (χ4n) is 1.97. The molecule has 0 radical (unpaired) electrons. The zero-order valence-electron chi connectivity index (χ0n) is 11.4. The fourth-order valence-corrected chi connectivity index (χ4v) is 1.97. The molecule has 0 aliphatic rings. The molecule has 1 heterocycles. The topological polar surface area (TPSA) is 29.9 Å². The van der Waals surface area contributed by atoms with E-state index in [2.05, 4.69) is 66.2 Å². The van der Waals surface area contributed by atoms with Crippen LogP contribution in [0.5, 0.6) is 0 Å². The van der Waals surface area contributed by atoms with E-state index in [-0.39, 0.29) is 0 Å². The van der Waals surface area contributed by atoms with Gasteiger partial charge in [-0.25, -0.2) is 0 Å². The second-order valence-corrected chi connectivity index (χ2v) is 4.52. The molecule has 0 saturated carbocycles. The van der Waals surface area contributed by atoms with Gasteiger partial charge in [-0.05, 0) is 38.5 Å². The molecule has 1 N–H and O–H groups in total. The van der Waals surface area contributed by atoms with E-state index < -0.39 is 0 Å². The number of nitrogens with one attached hydrogen (secondary N) is 1. The van der Waals surface area contributed by atoms with Crippen LogP contribution < -0.4 is 5.32 Å². The monoisotopic (exact) mass is 243 g/mol. The Labute approximate surface area is 109 Å². The predicted molar refractivity (Wildman–Crippen MR) is 75.8 cm³/mol. The van der Waals surface area contributed by atoms with Crippen molar-refractivity contribution < 1.29 is 0 Å². The van der Waals surface area contributed by atoms with E-state index in [9.17, 15) is 0 Å². The standard InChI is InChI=1S/C15H21N3/c1-4-13-10-15(18(5-2)17-13)11-16-14-8-6-12(3)7-9-14/h6-10,16H,4-5,11H2,1-3H3. The lowest BCUT2D eigenvalue weighted by Crippen LogP contribution is -2.07. The normalized spacial score (nSPS) is 10.6. The molecule has 96 valence electrons. The first-order chi connectivity index (χ1) is 8.72. The van der Waals surface area contributed by atoms with E-state index in [0.29, 0.717) is 0 Å². The molecule has 2 rings (SSSR count). The molecule has 2 aromatic rings. The van der Waals surface area contributed by atoms with Crippen molar-refractivity contribution in [3.63, 3.8) is 0 Å². The van der Waals surface area contributed by atoms with Crippen molar-refractivity contribution in [3.05, 3.63) is 47.3 Å². The minimum atomic E-state index is 0.823. The van der Waals surface area contributed by atoms with Crippen LogP contribution in [0.1, 0.15) is 30.8 Å². The number of anilines is 1. The molecular weight excluding hydrogens is 222 g/mol. The van der Waals surface area contributed by atoms with Crippen LogP contribution in [0.15, 0.2) is 30.3 Å². The quantitative estimate of drug-likeness (QED) is 0.872. The number of aryl methyl sites for hydroxylation is 3. The van der Waals surface area contributed by atoms with Gasteiger partial charge in [-0.3, -0.25) is 4.68 Å². The summed E-state index contributed by atoms with van der Waals surface area (Å²) in [5.41, 5.74) is 4.85. The van der Waals surface area contributed by atoms with Gasteiger partial charge in [0.1, 0.15) is 0 Å². The molecule has 0 fully saturated rings. The molecule has 0 saturated heterocycles. The van der Waals surface area contributed by atoms with Crippen LogP contribution in [-0.2, 0) is 19.5 Å². The summed E-state index contributed by atoms with van der Waals surface area (Å²) in [6.07, 6.45) is 0.991. The van der Waals surface area contributed by atoms with Gasteiger partial charge in [-0.15, -0.1) is 0 Å². The first-order valence-corrected chi connectivity index (χ1v) is 6.59. The van der Waals surface area contributed by atoms with Gasteiger partial charge in [-0.1, -0.05) is 24.6 Å². The Hall–Kier alpha value is -1.77. The minimum absolute atomic E-state index is 0.823. The van der Waals surface area contributed by atoms with Gasteiger partial charge in [0.25, 0.3) is 0 Å². The van der Waals surface area contributed by atoms with Crippen molar-refractivity contribution in [1.82, 2.24) is 9.78 Å². The fraction of sp³-hybridized carbons (Fsp3) is 0.400. The van der Waals surface area contributed by atoms with Gasteiger partial charge < -0.3 is 5.32 Å². The molecule has 0 amide bonds. The molecule has 0 aliphatic heterocycles. The maximum Gasteiger partial charge on any atom is 0.0625 e. The first kappa shape index (κ1) is 12.7. The summed E-state index contributed by atoms with van der Waals surface area (Å²) >= 11 is 0. The van der Waals surface area contributed by atoms with E-state index in [4.69, 9.17) is 0 Å². The highest BCUT2D eigenvalue weighted by molar-refractivity contribution is 5.44. The summed E-state index contributed by atoms with van der Waals surface area (Å²) in [5, 5.41) is 7.99. The van der Waals surface area contributed by atoms with Crippen molar-refractivity contribution in [2.45, 2.75) is 40.3 Å². The summed E-state index contributed by atoms with van der Waals surface area (Å²) in [5.74, 6) is 0. The zero-order chi connectivity index (χ0) is 13.0. The summed E-state index contributed by atoms with van der Waals surface area (Å²) in [4.78, 5) is 0. The third kappa shape index (κ3) is 2.92. The second kappa shape index (κ2) is 5.71. The number of hydrogen-bond acceptors (Lipinski definition) is 2. The first-order valence-electron chi connectivity index (χ1n) is 6.59. The molecule has 0 bridgehead atoms. The largest absolute Gasteiger partial charge is 0.379 e. The summed E-state index contributed by atoms with van der Waals surface area (Å²) in [6, 6.07) is 10.7. The van der Waals surface area contributed by atoms with Gasteiger partial charge in [0, 0.05) is 12.2 Å². The van der Waals surface area contributed by atoms with Gasteiger partial charge in [0.05, 0.1) is 17.9 Å². The highest BCUT2D eigenvalue weighted by Gasteiger charge is 2.05. The minimum Gasteiger partial charge on any atom is -0.379 e. The summed E-state index contributed by atoms with van der Waals surface area (Å²) < 4.78 is 2.07. The lowest BCUT2D eigenvalue weighted by molar-refractivity contribution is 0.619.